The van der Waals surface area contributed by atoms with Gasteiger partial charge >= 0.3 is 0 Å². The van der Waals surface area contributed by atoms with Gasteiger partial charge in [-0.3, -0.25) is 4.90 Å². The molecule has 0 saturated carbocycles. The minimum absolute atomic E-state index is 0.191. The number of β-amino-alcohol motifs (C(OH)–C–C–N with tert-alkyl or cyclic N) is 1. The molecular weight excluding hydrogens is 340 g/mol. The Morgan fingerprint density at radius 3 is 2.69 bits per heavy atom. The van der Waals surface area contributed by atoms with Crippen LogP contribution in [0, 0.1) is 18.6 Å². The number of aliphatic hydroxyl groups excluding tert-OH is 1. The highest BCUT2D eigenvalue weighted by Crippen LogP contribution is 2.24. The molecule has 1 aliphatic heterocycles. The molecule has 0 amide bonds. The van der Waals surface area contributed by atoms with Crippen molar-refractivity contribution in [3.8, 4) is 5.75 Å². The van der Waals surface area contributed by atoms with Gasteiger partial charge in [-0.15, -0.1) is 0 Å². The first-order valence-corrected chi connectivity index (χ1v) is 8.67. The van der Waals surface area contributed by atoms with Crippen LogP contribution in [-0.2, 0) is 4.74 Å². The average Bonchev–Trinajstić information content (AvgIpc) is 2.64. The van der Waals surface area contributed by atoms with Gasteiger partial charge in [0, 0.05) is 19.6 Å². The molecule has 3 rings (SSSR count). The molecule has 26 heavy (non-hydrogen) atoms. The zero-order valence-corrected chi connectivity index (χ0v) is 14.7. The van der Waals surface area contributed by atoms with Crippen molar-refractivity contribution in [1.29, 1.82) is 0 Å². The molecule has 2 aromatic rings. The Balaban J connectivity index is 1.50. The average molecular weight is 363 g/mol. The van der Waals surface area contributed by atoms with E-state index in [4.69, 9.17) is 9.47 Å². The van der Waals surface area contributed by atoms with Crippen LogP contribution in [0.15, 0.2) is 42.5 Å². The summed E-state index contributed by atoms with van der Waals surface area (Å²) in [6.07, 6.45) is -0.996. The van der Waals surface area contributed by atoms with Gasteiger partial charge in [-0.25, -0.2) is 8.78 Å². The molecule has 1 saturated heterocycles. The first-order chi connectivity index (χ1) is 12.5. The Hall–Kier alpha value is -2.02. The molecule has 1 aliphatic rings. The summed E-state index contributed by atoms with van der Waals surface area (Å²) >= 11 is 0. The van der Waals surface area contributed by atoms with E-state index in [1.165, 1.54) is 12.1 Å². The molecule has 0 spiro atoms. The van der Waals surface area contributed by atoms with Crippen molar-refractivity contribution in [2.45, 2.75) is 19.1 Å². The van der Waals surface area contributed by atoms with E-state index in [-0.39, 0.29) is 12.7 Å². The number of morpholine rings is 1. The summed E-state index contributed by atoms with van der Waals surface area (Å²) in [5.41, 5.74) is 1.74. The van der Waals surface area contributed by atoms with Gasteiger partial charge in [-0.2, -0.15) is 0 Å². The van der Waals surface area contributed by atoms with Crippen LogP contribution in [0.2, 0.25) is 0 Å². The van der Waals surface area contributed by atoms with Crippen molar-refractivity contribution < 1.29 is 23.4 Å². The number of nitrogens with zero attached hydrogens (tertiary/aromatic N) is 1. The van der Waals surface area contributed by atoms with Crippen LogP contribution in [-0.4, -0.2) is 49.0 Å². The topological polar surface area (TPSA) is 41.9 Å². The van der Waals surface area contributed by atoms with E-state index in [1.807, 2.05) is 36.1 Å². The van der Waals surface area contributed by atoms with Crippen LogP contribution in [0.5, 0.6) is 5.75 Å². The van der Waals surface area contributed by atoms with Crippen molar-refractivity contribution in [3.63, 3.8) is 0 Å². The van der Waals surface area contributed by atoms with E-state index >= 15 is 0 Å². The van der Waals surface area contributed by atoms with E-state index in [2.05, 4.69) is 0 Å². The molecule has 1 fully saturated rings. The van der Waals surface area contributed by atoms with Gasteiger partial charge < -0.3 is 14.6 Å². The predicted octanol–water partition coefficient (Wildman–Crippen LogP) is 3.09. The first-order valence-electron chi connectivity index (χ1n) is 8.67. The van der Waals surface area contributed by atoms with Crippen molar-refractivity contribution in [3.05, 3.63) is 65.2 Å². The number of aryl methyl sites for hydroxylation is 1. The summed E-state index contributed by atoms with van der Waals surface area (Å²) < 4.78 is 37.8. The molecule has 0 bridgehead atoms. The van der Waals surface area contributed by atoms with Crippen molar-refractivity contribution in [2.24, 2.45) is 0 Å². The zero-order chi connectivity index (χ0) is 18.5. The highest BCUT2D eigenvalue weighted by atomic mass is 19.2. The van der Waals surface area contributed by atoms with Gasteiger partial charge in [0.05, 0.1) is 12.7 Å². The zero-order valence-electron chi connectivity index (χ0n) is 14.7. The normalized spacial score (nSPS) is 19.3. The number of ether oxygens (including phenoxy) is 2. The van der Waals surface area contributed by atoms with Crippen molar-refractivity contribution in [1.82, 2.24) is 4.90 Å². The van der Waals surface area contributed by atoms with E-state index in [9.17, 15) is 13.9 Å². The molecule has 0 radical (unpaired) electrons. The van der Waals surface area contributed by atoms with E-state index < -0.39 is 17.7 Å². The molecule has 4 nitrogen and oxygen atoms in total. The quantitative estimate of drug-likeness (QED) is 0.857. The third-order valence-electron chi connectivity index (χ3n) is 4.40. The smallest absolute Gasteiger partial charge is 0.159 e. The van der Waals surface area contributed by atoms with E-state index in [1.54, 1.807) is 0 Å². The minimum Gasteiger partial charge on any atom is -0.491 e. The fourth-order valence-corrected chi connectivity index (χ4v) is 2.96. The molecule has 0 aliphatic carbocycles. The highest BCUT2D eigenvalue weighted by Gasteiger charge is 2.24. The summed E-state index contributed by atoms with van der Waals surface area (Å²) in [6.45, 7) is 4.26. The predicted molar refractivity (Wildman–Crippen MR) is 94.2 cm³/mol. The van der Waals surface area contributed by atoms with Gasteiger partial charge in [0.1, 0.15) is 18.5 Å². The maximum atomic E-state index is 13.4. The minimum atomic E-state index is -0.880. The Bertz CT molecular complexity index is 723. The summed E-state index contributed by atoms with van der Waals surface area (Å²) in [6, 6.07) is 11.5. The Morgan fingerprint density at radius 2 is 1.96 bits per heavy atom. The lowest BCUT2D eigenvalue weighted by Gasteiger charge is -2.34. The van der Waals surface area contributed by atoms with Gasteiger partial charge in [0.2, 0.25) is 0 Å². The fourth-order valence-electron chi connectivity index (χ4n) is 2.96. The molecule has 2 atom stereocenters. The molecule has 1 heterocycles. The summed E-state index contributed by atoms with van der Waals surface area (Å²) in [4.78, 5) is 2.04. The van der Waals surface area contributed by atoms with Crippen LogP contribution < -0.4 is 4.74 Å². The fraction of sp³-hybridized carbons (Fsp3) is 0.400. The van der Waals surface area contributed by atoms with Crippen molar-refractivity contribution in [2.75, 3.05) is 32.8 Å². The van der Waals surface area contributed by atoms with Crippen LogP contribution in [0.3, 0.4) is 0 Å². The van der Waals surface area contributed by atoms with Gasteiger partial charge in [0.25, 0.3) is 0 Å². The van der Waals surface area contributed by atoms with E-state index in [0.717, 1.165) is 17.4 Å². The number of halogens is 2. The molecular formula is C20H23F2NO3. The largest absolute Gasteiger partial charge is 0.491 e. The molecule has 140 valence electrons. The lowest BCUT2D eigenvalue weighted by Crippen LogP contribution is -2.43. The molecule has 1 N–H and O–H groups in total. The SMILES string of the molecule is Cc1ccc(OCC(O)CN2CCOC(c3ccc(F)c(F)c3)C2)cc1. The van der Waals surface area contributed by atoms with Crippen LogP contribution in [0.4, 0.5) is 8.78 Å². The summed E-state index contributed by atoms with van der Waals surface area (Å²) in [7, 11) is 0. The number of rotatable bonds is 6. The first kappa shape index (κ1) is 18.8. The third-order valence-corrected chi connectivity index (χ3v) is 4.40. The van der Waals surface area contributed by atoms with Crippen LogP contribution >= 0.6 is 0 Å². The molecule has 2 unspecified atom stereocenters. The molecule has 6 heteroatoms. The second-order valence-electron chi connectivity index (χ2n) is 6.57. The highest BCUT2D eigenvalue weighted by molar-refractivity contribution is 5.26. The third kappa shape index (κ3) is 5.00. The van der Waals surface area contributed by atoms with E-state index in [0.29, 0.717) is 31.8 Å². The number of hydrogen-bond acceptors (Lipinski definition) is 4. The van der Waals surface area contributed by atoms with Crippen LogP contribution in [0.1, 0.15) is 17.2 Å². The Kier molecular flexibility index (Phi) is 6.19. The van der Waals surface area contributed by atoms with Crippen molar-refractivity contribution >= 4 is 0 Å². The van der Waals surface area contributed by atoms with Crippen LogP contribution in [0.25, 0.3) is 0 Å². The standard InChI is InChI=1S/C20H23F2NO3/c1-14-2-5-17(6-3-14)26-13-16(24)11-23-8-9-25-20(12-23)15-4-7-18(21)19(22)10-15/h2-7,10,16,20,24H,8-9,11-13H2,1H3. The summed E-state index contributed by atoms with van der Waals surface area (Å²) in [5.74, 6) is -1.03. The number of benzene rings is 2. The Labute approximate surface area is 152 Å². The molecule has 0 aromatic heterocycles. The monoisotopic (exact) mass is 363 g/mol. The van der Waals surface area contributed by atoms with Gasteiger partial charge in [-0.1, -0.05) is 23.8 Å². The second-order valence-corrected chi connectivity index (χ2v) is 6.57. The van der Waals surface area contributed by atoms with Gasteiger partial charge in [-0.05, 0) is 36.8 Å². The molecule has 2 aromatic carbocycles. The number of aliphatic hydroxyl groups is 1. The lowest BCUT2D eigenvalue weighted by atomic mass is 10.1. The number of hydrogen-bond donors (Lipinski definition) is 1. The summed E-state index contributed by atoms with van der Waals surface area (Å²) in [5, 5.41) is 10.2. The van der Waals surface area contributed by atoms with Gasteiger partial charge in [0.15, 0.2) is 11.6 Å². The maximum Gasteiger partial charge on any atom is 0.159 e. The lowest BCUT2D eigenvalue weighted by molar-refractivity contribution is -0.0460. The maximum absolute atomic E-state index is 13.4. The Morgan fingerprint density at radius 1 is 1.19 bits per heavy atom. The second kappa shape index (κ2) is 8.58.